The molecule has 0 fully saturated rings. The van der Waals surface area contributed by atoms with Crippen LogP contribution in [0.3, 0.4) is 0 Å². The van der Waals surface area contributed by atoms with E-state index in [1.807, 2.05) is 25.1 Å². The zero-order valence-corrected chi connectivity index (χ0v) is 12.2. The summed E-state index contributed by atoms with van der Waals surface area (Å²) in [6, 6.07) is 10.3. The Balaban J connectivity index is 2.12. The molecule has 0 atom stereocenters. The van der Waals surface area contributed by atoms with Crippen LogP contribution >= 0.6 is 15.9 Å². The molecule has 2 nitrogen and oxygen atoms in total. The van der Waals surface area contributed by atoms with E-state index in [2.05, 4.69) is 15.9 Å². The highest BCUT2D eigenvalue weighted by atomic mass is 79.9. The van der Waals surface area contributed by atoms with E-state index in [-0.39, 0.29) is 5.82 Å². The molecule has 0 unspecified atom stereocenters. The van der Waals surface area contributed by atoms with Gasteiger partial charge in [-0.2, -0.15) is 0 Å². The largest absolute Gasteiger partial charge is 0.489 e. The van der Waals surface area contributed by atoms with Gasteiger partial charge in [0, 0.05) is 11.0 Å². The van der Waals surface area contributed by atoms with Crippen molar-refractivity contribution in [2.24, 2.45) is 5.73 Å². The van der Waals surface area contributed by atoms with Gasteiger partial charge in [0.1, 0.15) is 18.2 Å². The normalized spacial score (nSPS) is 10.5. The summed E-state index contributed by atoms with van der Waals surface area (Å²) in [5.41, 5.74) is 8.47. The summed E-state index contributed by atoms with van der Waals surface area (Å²) in [6.45, 7) is 2.72. The first-order valence-electron chi connectivity index (χ1n) is 5.96. The molecule has 0 saturated carbocycles. The maximum Gasteiger partial charge on any atom is 0.123 e. The molecule has 0 spiro atoms. The second-order valence-corrected chi connectivity index (χ2v) is 5.17. The second-order valence-electron chi connectivity index (χ2n) is 4.32. The summed E-state index contributed by atoms with van der Waals surface area (Å²) in [4.78, 5) is 0. The Labute approximate surface area is 120 Å². The molecule has 2 aromatic carbocycles. The van der Waals surface area contributed by atoms with E-state index < -0.39 is 0 Å². The summed E-state index contributed by atoms with van der Waals surface area (Å²) in [7, 11) is 0. The van der Waals surface area contributed by atoms with Gasteiger partial charge >= 0.3 is 0 Å². The Morgan fingerprint density at radius 2 is 1.95 bits per heavy atom. The van der Waals surface area contributed by atoms with Crippen molar-refractivity contribution >= 4 is 15.9 Å². The average molecular weight is 324 g/mol. The third-order valence-corrected chi connectivity index (χ3v) is 3.72. The Morgan fingerprint density at radius 3 is 2.68 bits per heavy atom. The molecule has 2 rings (SSSR count). The van der Waals surface area contributed by atoms with Crippen molar-refractivity contribution in [2.45, 2.75) is 20.1 Å². The first-order valence-corrected chi connectivity index (χ1v) is 6.76. The van der Waals surface area contributed by atoms with E-state index >= 15 is 0 Å². The van der Waals surface area contributed by atoms with Crippen LogP contribution < -0.4 is 10.5 Å². The minimum absolute atomic E-state index is 0.248. The van der Waals surface area contributed by atoms with Crippen LogP contribution in [0, 0.1) is 12.7 Å². The van der Waals surface area contributed by atoms with Gasteiger partial charge in [-0.05, 0) is 53.9 Å². The highest BCUT2D eigenvalue weighted by Crippen LogP contribution is 2.23. The average Bonchev–Trinajstić information content (AvgIpc) is 2.41. The lowest BCUT2D eigenvalue weighted by atomic mass is 10.1. The van der Waals surface area contributed by atoms with Crippen molar-refractivity contribution in [1.29, 1.82) is 0 Å². The standard InChI is InChI=1S/C15H15BrFNO/c1-10-2-3-13(17)6-12(10)9-19-14-4-5-15(16)11(7-14)8-18/h2-7H,8-9,18H2,1H3. The predicted molar refractivity (Wildman–Crippen MR) is 77.5 cm³/mol. The maximum absolute atomic E-state index is 13.2. The van der Waals surface area contributed by atoms with Crippen LogP contribution in [0.15, 0.2) is 40.9 Å². The van der Waals surface area contributed by atoms with Crippen LogP contribution in [0.1, 0.15) is 16.7 Å². The van der Waals surface area contributed by atoms with Gasteiger partial charge in [-0.25, -0.2) is 4.39 Å². The van der Waals surface area contributed by atoms with Gasteiger partial charge < -0.3 is 10.5 Å². The predicted octanol–water partition coefficient (Wildman–Crippen LogP) is 3.93. The Bertz CT molecular complexity index is 586. The van der Waals surface area contributed by atoms with Crippen molar-refractivity contribution < 1.29 is 9.13 Å². The molecule has 0 heterocycles. The quantitative estimate of drug-likeness (QED) is 0.925. The molecule has 0 aliphatic heterocycles. The lowest BCUT2D eigenvalue weighted by molar-refractivity contribution is 0.304. The van der Waals surface area contributed by atoms with Crippen LogP contribution in [-0.2, 0) is 13.2 Å². The van der Waals surface area contributed by atoms with E-state index in [4.69, 9.17) is 10.5 Å². The Hall–Kier alpha value is -1.39. The molecule has 0 aliphatic carbocycles. The highest BCUT2D eigenvalue weighted by Gasteiger charge is 2.04. The van der Waals surface area contributed by atoms with Crippen molar-refractivity contribution in [3.63, 3.8) is 0 Å². The van der Waals surface area contributed by atoms with E-state index in [1.165, 1.54) is 12.1 Å². The fourth-order valence-corrected chi connectivity index (χ4v) is 2.16. The van der Waals surface area contributed by atoms with E-state index in [1.54, 1.807) is 6.07 Å². The number of rotatable bonds is 4. The number of aryl methyl sites for hydroxylation is 1. The van der Waals surface area contributed by atoms with Crippen molar-refractivity contribution in [3.8, 4) is 5.75 Å². The molecule has 0 radical (unpaired) electrons. The lowest BCUT2D eigenvalue weighted by Gasteiger charge is -2.10. The molecule has 4 heteroatoms. The molecule has 2 aromatic rings. The van der Waals surface area contributed by atoms with Crippen LogP contribution in [-0.4, -0.2) is 0 Å². The Kier molecular flexibility index (Phi) is 4.56. The van der Waals surface area contributed by atoms with Gasteiger partial charge in [0.05, 0.1) is 0 Å². The van der Waals surface area contributed by atoms with Crippen LogP contribution in [0.25, 0.3) is 0 Å². The van der Waals surface area contributed by atoms with Crippen LogP contribution in [0.5, 0.6) is 5.75 Å². The minimum atomic E-state index is -0.248. The summed E-state index contributed by atoms with van der Waals surface area (Å²) >= 11 is 3.42. The van der Waals surface area contributed by atoms with Crippen LogP contribution in [0.4, 0.5) is 4.39 Å². The molecule has 0 aromatic heterocycles. The molecule has 19 heavy (non-hydrogen) atoms. The Morgan fingerprint density at radius 1 is 1.16 bits per heavy atom. The number of ether oxygens (including phenoxy) is 1. The molecule has 0 amide bonds. The number of benzene rings is 2. The summed E-state index contributed by atoms with van der Waals surface area (Å²) in [5, 5.41) is 0. The maximum atomic E-state index is 13.2. The fourth-order valence-electron chi connectivity index (χ4n) is 1.75. The SMILES string of the molecule is Cc1ccc(F)cc1COc1ccc(Br)c(CN)c1. The van der Waals surface area contributed by atoms with Gasteiger partial charge in [0.25, 0.3) is 0 Å². The molecular formula is C15H15BrFNO. The third-order valence-electron chi connectivity index (χ3n) is 2.94. The van der Waals surface area contributed by atoms with E-state index in [0.717, 1.165) is 26.9 Å². The van der Waals surface area contributed by atoms with Gasteiger partial charge in [-0.1, -0.05) is 22.0 Å². The first kappa shape index (κ1) is 14.0. The van der Waals surface area contributed by atoms with E-state index in [0.29, 0.717) is 13.2 Å². The van der Waals surface area contributed by atoms with Gasteiger partial charge in [0.2, 0.25) is 0 Å². The topological polar surface area (TPSA) is 35.2 Å². The molecule has 0 bridgehead atoms. The second kappa shape index (κ2) is 6.17. The molecule has 0 saturated heterocycles. The van der Waals surface area contributed by atoms with Gasteiger partial charge in [-0.15, -0.1) is 0 Å². The van der Waals surface area contributed by atoms with Crippen molar-refractivity contribution in [3.05, 3.63) is 63.4 Å². The fraction of sp³-hybridized carbons (Fsp3) is 0.200. The number of nitrogens with two attached hydrogens (primary N) is 1. The minimum Gasteiger partial charge on any atom is -0.489 e. The smallest absolute Gasteiger partial charge is 0.123 e. The van der Waals surface area contributed by atoms with Crippen molar-refractivity contribution in [1.82, 2.24) is 0 Å². The molecule has 2 N–H and O–H groups in total. The summed E-state index contributed by atoms with van der Waals surface area (Å²) in [6.07, 6.45) is 0. The summed E-state index contributed by atoms with van der Waals surface area (Å²) < 4.78 is 19.8. The van der Waals surface area contributed by atoms with E-state index in [9.17, 15) is 4.39 Å². The van der Waals surface area contributed by atoms with Gasteiger partial charge in [-0.3, -0.25) is 0 Å². The van der Waals surface area contributed by atoms with Crippen LogP contribution in [0.2, 0.25) is 0 Å². The number of hydrogen-bond donors (Lipinski definition) is 1. The number of hydrogen-bond acceptors (Lipinski definition) is 2. The lowest BCUT2D eigenvalue weighted by Crippen LogP contribution is -2.01. The van der Waals surface area contributed by atoms with Crippen molar-refractivity contribution in [2.75, 3.05) is 0 Å². The number of halogens is 2. The monoisotopic (exact) mass is 323 g/mol. The van der Waals surface area contributed by atoms with Gasteiger partial charge in [0.15, 0.2) is 0 Å². The zero-order chi connectivity index (χ0) is 13.8. The molecule has 0 aliphatic rings. The summed E-state index contributed by atoms with van der Waals surface area (Å²) in [5.74, 6) is 0.481. The molecular weight excluding hydrogens is 309 g/mol. The third kappa shape index (κ3) is 3.55. The highest BCUT2D eigenvalue weighted by molar-refractivity contribution is 9.10. The zero-order valence-electron chi connectivity index (χ0n) is 10.6. The molecule has 100 valence electrons. The first-order chi connectivity index (χ1) is 9.10.